The zero-order valence-electron chi connectivity index (χ0n) is 45.1. The average Bonchev–Trinajstić information content (AvgIpc) is 3.90. The third-order valence-electron chi connectivity index (χ3n) is 15.4. The van der Waals surface area contributed by atoms with Crippen LogP contribution in [0.3, 0.4) is 0 Å². The summed E-state index contributed by atoms with van der Waals surface area (Å²) in [5, 5.41) is 37.9. The molecule has 0 bridgehead atoms. The first-order chi connectivity index (χ1) is 39.6. The zero-order valence-corrected chi connectivity index (χ0v) is 45.1. The quantitative estimate of drug-likeness (QED) is 0.0985. The Morgan fingerprint density at radius 1 is 0.296 bits per heavy atom. The lowest BCUT2D eigenvalue weighted by atomic mass is 9.92. The van der Waals surface area contributed by atoms with Crippen LogP contribution in [-0.2, 0) is 39.4 Å². The summed E-state index contributed by atoms with van der Waals surface area (Å²) in [4.78, 5) is 22.0. The number of hydrogen-bond acceptors (Lipinski definition) is 7. The van der Waals surface area contributed by atoms with Gasteiger partial charge in [0.25, 0.3) is 0 Å². The number of aliphatic hydroxyl groups is 2. The predicted molar refractivity (Wildman–Crippen MR) is 319 cm³/mol. The molecule has 13 aromatic rings. The summed E-state index contributed by atoms with van der Waals surface area (Å²) in [7, 11) is 7.67. The fourth-order valence-electron chi connectivity index (χ4n) is 11.5. The van der Waals surface area contributed by atoms with Crippen molar-refractivity contribution in [2.75, 3.05) is 0 Å². The summed E-state index contributed by atoms with van der Waals surface area (Å²) in [6.07, 6.45) is 0. The summed E-state index contributed by atoms with van der Waals surface area (Å²) in [5.41, 5.74) is 8.49. The molecule has 8 aromatic carbocycles. The predicted octanol–water partition coefficient (Wildman–Crippen LogP) is 13.2. The van der Waals surface area contributed by atoms with Gasteiger partial charge in [0, 0.05) is 72.7 Å². The molecule has 0 unspecified atom stereocenters. The van der Waals surface area contributed by atoms with Gasteiger partial charge in [-0.2, -0.15) is 5.10 Å². The molecule has 0 atom stereocenters. The van der Waals surface area contributed by atoms with Crippen molar-refractivity contribution in [1.29, 1.82) is 0 Å². The molecule has 0 saturated carbocycles. The molecule has 0 aliphatic heterocycles. The van der Waals surface area contributed by atoms with E-state index in [0.717, 1.165) is 67.3 Å². The third-order valence-corrected chi connectivity index (χ3v) is 15.4. The van der Waals surface area contributed by atoms with E-state index in [1.165, 1.54) is 0 Å². The van der Waals surface area contributed by atoms with Gasteiger partial charge < -0.3 is 28.5 Å². The normalized spacial score (nSPS) is 11.8. The number of nitrogens with one attached hydrogen (secondary N) is 1. The fraction of sp³-hybridized carbons (Fsp3) is 0.0870. The minimum Gasteiger partial charge on any atom is -0.370 e. The monoisotopic (exact) mass is 1060 g/mol. The van der Waals surface area contributed by atoms with E-state index in [1.807, 2.05) is 289 Å². The Morgan fingerprint density at radius 2 is 0.506 bits per heavy atom. The van der Waals surface area contributed by atoms with Gasteiger partial charge in [-0.3, -0.25) is 5.10 Å². The second-order valence-corrected chi connectivity index (χ2v) is 20.3. The van der Waals surface area contributed by atoms with Crippen molar-refractivity contribution in [1.82, 2.24) is 48.4 Å². The number of aromatic amines is 1. The van der Waals surface area contributed by atoms with Gasteiger partial charge >= 0.3 is 0 Å². The summed E-state index contributed by atoms with van der Waals surface area (Å²) in [5.74, 6) is 0.962. The molecule has 0 radical (unpaired) electrons. The van der Waals surface area contributed by atoms with Crippen LogP contribution in [0.15, 0.2) is 249 Å². The largest absolute Gasteiger partial charge is 0.370 e. The van der Waals surface area contributed by atoms with E-state index in [4.69, 9.17) is 25.0 Å². The number of benzene rings is 8. The van der Waals surface area contributed by atoms with E-state index < -0.39 is 11.2 Å². The molecular formula is C69H56N10O2. The van der Waals surface area contributed by atoms with E-state index >= 15 is 0 Å². The standard InChI is InChI=1S/C69H56N10O2/c1-76-60(50-37-21-9-22-38-50)56(46-29-13-5-14-30-46)70-64(76)68(80,65-71-57(47-31-15-6-16-32-47)61(77(65)2)51-39-23-10-24-40-51)54-45-55(75-74-54)69(81,66-72-58(48-33-17-7-18-34-48)62(78(66)3)52-41-25-11-26-42-52)67-73-59(49-35-19-8-20-36-49)63(79(67)4)53-43-27-12-28-44-53/h5-45,80-81H,1-4H3,(H,74,75). The molecule has 12 nitrogen and oxygen atoms in total. The Labute approximate surface area is 469 Å². The van der Waals surface area contributed by atoms with Crippen molar-refractivity contribution in [3.8, 4) is 90.1 Å². The molecule has 0 saturated heterocycles. The Morgan fingerprint density at radius 3 is 0.741 bits per heavy atom. The van der Waals surface area contributed by atoms with Gasteiger partial charge in [-0.05, 0) is 6.07 Å². The third kappa shape index (κ3) is 8.44. The zero-order chi connectivity index (χ0) is 55.2. The van der Waals surface area contributed by atoms with Crippen molar-refractivity contribution in [2.45, 2.75) is 11.2 Å². The van der Waals surface area contributed by atoms with E-state index in [-0.39, 0.29) is 34.7 Å². The molecule has 13 rings (SSSR count). The molecule has 0 aliphatic carbocycles. The highest BCUT2D eigenvalue weighted by Crippen LogP contribution is 2.47. The molecule has 5 heterocycles. The van der Waals surface area contributed by atoms with Crippen LogP contribution < -0.4 is 0 Å². The maximum atomic E-state index is 14.7. The lowest BCUT2D eigenvalue weighted by molar-refractivity contribution is 0.0930. The Balaban J connectivity index is 1.13. The highest BCUT2D eigenvalue weighted by Gasteiger charge is 2.51. The maximum absolute atomic E-state index is 14.7. The van der Waals surface area contributed by atoms with Gasteiger partial charge in [0.1, 0.15) is 5.69 Å². The molecule has 12 heteroatoms. The van der Waals surface area contributed by atoms with Gasteiger partial charge in [0.05, 0.1) is 51.2 Å². The van der Waals surface area contributed by atoms with Gasteiger partial charge in [0.2, 0.25) is 11.2 Å². The van der Waals surface area contributed by atoms with Crippen molar-refractivity contribution in [2.24, 2.45) is 28.2 Å². The van der Waals surface area contributed by atoms with Gasteiger partial charge in [-0.15, -0.1) is 0 Å². The lowest BCUT2D eigenvalue weighted by Gasteiger charge is -2.27. The second kappa shape index (κ2) is 20.5. The van der Waals surface area contributed by atoms with Crippen LogP contribution in [0.4, 0.5) is 0 Å². The number of H-pyrrole nitrogens is 1. The lowest BCUT2D eigenvalue weighted by Crippen LogP contribution is -2.37. The van der Waals surface area contributed by atoms with Crippen molar-refractivity contribution in [3.05, 3.63) is 283 Å². The van der Waals surface area contributed by atoms with Crippen LogP contribution in [0.2, 0.25) is 0 Å². The number of imidazole rings is 4. The van der Waals surface area contributed by atoms with Crippen LogP contribution in [0.25, 0.3) is 90.1 Å². The molecule has 0 spiro atoms. The highest BCUT2D eigenvalue weighted by atomic mass is 16.3. The SMILES string of the molecule is Cn1c(C(O)(c2cc(C(O)(c3nc(-c4ccccc4)c(-c4ccccc4)n3C)c3nc(-c4ccccc4)c(-c4ccccc4)n3C)[nH]n2)c2nc(-c3ccccc3)c(-c3ccccc3)n2C)nc(-c2ccccc2)c1-c1ccccc1. The summed E-state index contributed by atoms with van der Waals surface area (Å²) in [6, 6.07) is 81.9. The smallest absolute Gasteiger partial charge is 0.225 e. The average molecular weight is 1060 g/mol. The highest BCUT2D eigenvalue weighted by molar-refractivity contribution is 5.84. The Bertz CT molecular complexity index is 3790. The van der Waals surface area contributed by atoms with Gasteiger partial charge in [-0.25, -0.2) is 19.9 Å². The van der Waals surface area contributed by atoms with Crippen molar-refractivity contribution >= 4 is 0 Å². The molecular weight excluding hydrogens is 1000 g/mol. The van der Waals surface area contributed by atoms with E-state index in [2.05, 4.69) is 5.10 Å². The minimum absolute atomic E-state index is 0.108. The van der Waals surface area contributed by atoms with Crippen LogP contribution in [0.1, 0.15) is 34.7 Å². The maximum Gasteiger partial charge on any atom is 0.225 e. The number of nitrogens with zero attached hydrogens (tertiary/aromatic N) is 9. The van der Waals surface area contributed by atoms with Crippen LogP contribution >= 0.6 is 0 Å². The summed E-state index contributed by atoms with van der Waals surface area (Å²) < 4.78 is 7.76. The van der Waals surface area contributed by atoms with Crippen LogP contribution in [0, 0.1) is 0 Å². The molecule has 0 aliphatic rings. The molecule has 3 N–H and O–H groups in total. The first-order valence-electron chi connectivity index (χ1n) is 26.9. The topological polar surface area (TPSA) is 140 Å². The summed E-state index contributed by atoms with van der Waals surface area (Å²) in [6.45, 7) is 0. The van der Waals surface area contributed by atoms with E-state index in [9.17, 15) is 10.2 Å². The molecule has 0 amide bonds. The Kier molecular flexibility index (Phi) is 12.7. The van der Waals surface area contributed by atoms with E-state index in [0.29, 0.717) is 22.8 Å². The number of rotatable bonds is 14. The first-order valence-corrected chi connectivity index (χ1v) is 26.9. The molecule has 5 aromatic heterocycles. The van der Waals surface area contributed by atoms with Gasteiger partial charge in [-0.1, -0.05) is 243 Å². The van der Waals surface area contributed by atoms with Crippen LogP contribution in [0.5, 0.6) is 0 Å². The van der Waals surface area contributed by atoms with E-state index in [1.54, 1.807) is 6.07 Å². The number of aromatic nitrogens is 10. The van der Waals surface area contributed by atoms with Crippen LogP contribution in [-0.4, -0.2) is 58.6 Å². The minimum atomic E-state index is -2.25. The molecule has 394 valence electrons. The van der Waals surface area contributed by atoms with Crippen molar-refractivity contribution in [3.63, 3.8) is 0 Å². The second-order valence-electron chi connectivity index (χ2n) is 20.3. The van der Waals surface area contributed by atoms with Crippen molar-refractivity contribution < 1.29 is 10.2 Å². The summed E-state index contributed by atoms with van der Waals surface area (Å²) >= 11 is 0. The fourth-order valence-corrected chi connectivity index (χ4v) is 11.5. The Hall–Kier alpha value is -10.3. The molecule has 0 fully saturated rings. The van der Waals surface area contributed by atoms with Gasteiger partial charge in [0.15, 0.2) is 23.3 Å². The first kappa shape index (κ1) is 50.2. The molecule has 81 heavy (non-hydrogen) atoms. The number of hydrogen-bond donors (Lipinski definition) is 3.